The molecule has 2 rings (SSSR count). The summed E-state index contributed by atoms with van der Waals surface area (Å²) in [6.45, 7) is 2.21. The van der Waals surface area contributed by atoms with Crippen LogP contribution in [0.4, 0.5) is 5.69 Å². The van der Waals surface area contributed by atoms with Gasteiger partial charge in [-0.1, -0.05) is 6.07 Å². The van der Waals surface area contributed by atoms with E-state index in [0.717, 1.165) is 11.3 Å². The molecule has 1 aromatic rings. The maximum Gasteiger partial charge on any atom is 0.247 e. The monoisotopic (exact) mass is 206 g/mol. The maximum atomic E-state index is 11.7. The van der Waals surface area contributed by atoms with Crippen LogP contribution in [-0.4, -0.2) is 25.6 Å². The van der Waals surface area contributed by atoms with E-state index >= 15 is 0 Å². The summed E-state index contributed by atoms with van der Waals surface area (Å²) < 4.78 is 5.47. The lowest BCUT2D eigenvalue weighted by Crippen LogP contribution is -2.43. The number of likely N-dealkylation sites (N-methyl/N-ethyl adjacent to an activating group) is 1. The minimum absolute atomic E-state index is 0.112. The number of nitrogens with two attached hydrogens (primary N) is 1. The Morgan fingerprint density at radius 1 is 1.53 bits per heavy atom. The first-order chi connectivity index (χ1) is 7.09. The molecule has 0 aromatic heterocycles. The van der Waals surface area contributed by atoms with E-state index < -0.39 is 6.04 Å². The fraction of sp³-hybridized carbons (Fsp3) is 0.364. The van der Waals surface area contributed by atoms with Crippen molar-refractivity contribution in [3.8, 4) is 5.75 Å². The molecule has 4 nitrogen and oxygen atoms in total. The molecular formula is C11H14N2O2. The summed E-state index contributed by atoms with van der Waals surface area (Å²) in [7, 11) is 1.72. The molecule has 1 amide bonds. The van der Waals surface area contributed by atoms with Gasteiger partial charge >= 0.3 is 0 Å². The summed E-state index contributed by atoms with van der Waals surface area (Å²) in [5, 5.41) is 0. The highest BCUT2D eigenvalue weighted by atomic mass is 16.5. The van der Waals surface area contributed by atoms with Gasteiger partial charge in [0.05, 0.1) is 5.69 Å². The van der Waals surface area contributed by atoms with Crippen LogP contribution in [0.25, 0.3) is 0 Å². The van der Waals surface area contributed by atoms with Crippen LogP contribution in [0, 0.1) is 6.92 Å². The molecule has 4 heteroatoms. The Bertz CT molecular complexity index is 404. The lowest BCUT2D eigenvalue weighted by molar-refractivity contribution is -0.119. The first-order valence-electron chi connectivity index (χ1n) is 4.86. The number of amides is 1. The van der Waals surface area contributed by atoms with Crippen molar-refractivity contribution >= 4 is 11.6 Å². The van der Waals surface area contributed by atoms with Crippen LogP contribution in [0.2, 0.25) is 0 Å². The molecule has 1 aromatic carbocycles. The molecule has 0 saturated heterocycles. The van der Waals surface area contributed by atoms with Gasteiger partial charge in [-0.15, -0.1) is 0 Å². The molecule has 0 spiro atoms. The standard InChI is InChI=1S/C11H14N2O2/c1-7-3-4-10-9(5-7)13(2)11(14)8(12)6-15-10/h3-5,8H,6,12H2,1-2H3/t8-/m0/s1. The quantitative estimate of drug-likeness (QED) is 0.679. The largest absolute Gasteiger partial charge is 0.489 e. The van der Waals surface area contributed by atoms with E-state index in [4.69, 9.17) is 10.5 Å². The lowest BCUT2D eigenvalue weighted by atomic mass is 10.2. The van der Waals surface area contributed by atoms with Crippen molar-refractivity contribution in [1.29, 1.82) is 0 Å². The summed E-state index contributed by atoms with van der Waals surface area (Å²) in [5.41, 5.74) is 7.55. The molecule has 1 heterocycles. The third-order valence-corrected chi connectivity index (χ3v) is 2.54. The Hall–Kier alpha value is -1.55. The van der Waals surface area contributed by atoms with Crippen molar-refractivity contribution in [2.75, 3.05) is 18.6 Å². The molecule has 0 radical (unpaired) electrons. The van der Waals surface area contributed by atoms with Gasteiger partial charge in [0.25, 0.3) is 0 Å². The number of fused-ring (bicyclic) bond motifs is 1. The smallest absolute Gasteiger partial charge is 0.247 e. The SMILES string of the molecule is Cc1ccc2c(c1)N(C)C(=O)[C@@H](N)CO2. The zero-order valence-corrected chi connectivity index (χ0v) is 8.86. The molecule has 0 fully saturated rings. The molecule has 1 aliphatic rings. The number of anilines is 1. The Balaban J connectivity index is 2.48. The number of ether oxygens (including phenoxy) is 1. The molecule has 0 aliphatic carbocycles. The van der Waals surface area contributed by atoms with Gasteiger partial charge in [-0.05, 0) is 24.6 Å². The second-order valence-electron chi connectivity index (χ2n) is 3.79. The third kappa shape index (κ3) is 1.68. The fourth-order valence-corrected chi connectivity index (χ4v) is 1.63. The molecule has 0 unspecified atom stereocenters. The molecule has 1 aliphatic heterocycles. The summed E-state index contributed by atoms with van der Waals surface area (Å²) in [4.78, 5) is 13.3. The molecule has 2 N–H and O–H groups in total. The predicted molar refractivity (Wildman–Crippen MR) is 58.1 cm³/mol. The molecular weight excluding hydrogens is 192 g/mol. The average molecular weight is 206 g/mol. The minimum atomic E-state index is -0.581. The predicted octanol–water partition coefficient (Wildman–Crippen LogP) is 0.678. The molecule has 0 saturated carbocycles. The van der Waals surface area contributed by atoms with E-state index in [1.165, 1.54) is 0 Å². The lowest BCUT2D eigenvalue weighted by Gasteiger charge is -2.17. The van der Waals surface area contributed by atoms with Crippen molar-refractivity contribution < 1.29 is 9.53 Å². The van der Waals surface area contributed by atoms with E-state index in [9.17, 15) is 4.79 Å². The number of benzene rings is 1. The van der Waals surface area contributed by atoms with Crippen LogP contribution in [0.5, 0.6) is 5.75 Å². The number of aryl methyl sites for hydroxylation is 1. The van der Waals surface area contributed by atoms with Crippen LogP contribution < -0.4 is 15.4 Å². The van der Waals surface area contributed by atoms with Crippen molar-refractivity contribution in [1.82, 2.24) is 0 Å². The van der Waals surface area contributed by atoms with Crippen LogP contribution >= 0.6 is 0 Å². The highest BCUT2D eigenvalue weighted by Crippen LogP contribution is 2.30. The Morgan fingerprint density at radius 3 is 3.00 bits per heavy atom. The van der Waals surface area contributed by atoms with Gasteiger partial charge in [-0.2, -0.15) is 0 Å². The number of carbonyl (C=O) groups is 1. The highest BCUT2D eigenvalue weighted by Gasteiger charge is 2.26. The Morgan fingerprint density at radius 2 is 2.27 bits per heavy atom. The van der Waals surface area contributed by atoms with E-state index in [1.807, 2.05) is 25.1 Å². The first-order valence-corrected chi connectivity index (χ1v) is 4.86. The normalized spacial score (nSPS) is 20.6. The number of hydrogen-bond donors (Lipinski definition) is 1. The van der Waals surface area contributed by atoms with Crippen molar-refractivity contribution in [3.05, 3.63) is 23.8 Å². The number of hydrogen-bond acceptors (Lipinski definition) is 3. The second-order valence-corrected chi connectivity index (χ2v) is 3.79. The van der Waals surface area contributed by atoms with Crippen molar-refractivity contribution in [2.45, 2.75) is 13.0 Å². The van der Waals surface area contributed by atoms with E-state index in [0.29, 0.717) is 5.75 Å². The first kappa shape index (κ1) is 9.98. The fourth-order valence-electron chi connectivity index (χ4n) is 1.63. The summed E-state index contributed by atoms with van der Waals surface area (Å²) >= 11 is 0. The topological polar surface area (TPSA) is 55.6 Å². The molecule has 1 atom stereocenters. The van der Waals surface area contributed by atoms with Crippen molar-refractivity contribution in [2.24, 2.45) is 5.73 Å². The van der Waals surface area contributed by atoms with Crippen LogP contribution in [-0.2, 0) is 4.79 Å². The minimum Gasteiger partial charge on any atom is -0.489 e. The third-order valence-electron chi connectivity index (χ3n) is 2.54. The van der Waals surface area contributed by atoms with Crippen molar-refractivity contribution in [3.63, 3.8) is 0 Å². The van der Waals surface area contributed by atoms with Crippen LogP contribution in [0.1, 0.15) is 5.56 Å². The van der Waals surface area contributed by atoms with Crippen LogP contribution in [0.15, 0.2) is 18.2 Å². The second kappa shape index (κ2) is 3.55. The van der Waals surface area contributed by atoms with Gasteiger partial charge in [0.15, 0.2) is 0 Å². The molecule has 80 valence electrons. The molecule has 15 heavy (non-hydrogen) atoms. The average Bonchev–Trinajstić information content (AvgIpc) is 2.32. The van der Waals surface area contributed by atoms with Gasteiger partial charge in [0.2, 0.25) is 5.91 Å². The Labute approximate surface area is 88.6 Å². The van der Waals surface area contributed by atoms with Gasteiger partial charge in [0, 0.05) is 7.05 Å². The van der Waals surface area contributed by atoms with Gasteiger partial charge in [-0.3, -0.25) is 4.79 Å². The Kier molecular flexibility index (Phi) is 2.36. The van der Waals surface area contributed by atoms with E-state index in [2.05, 4.69) is 0 Å². The summed E-state index contributed by atoms with van der Waals surface area (Å²) in [5.74, 6) is 0.601. The summed E-state index contributed by atoms with van der Waals surface area (Å²) in [6, 6.07) is 5.16. The number of rotatable bonds is 0. The molecule has 0 bridgehead atoms. The zero-order chi connectivity index (χ0) is 11.0. The van der Waals surface area contributed by atoms with Gasteiger partial charge < -0.3 is 15.4 Å². The van der Waals surface area contributed by atoms with E-state index in [-0.39, 0.29) is 12.5 Å². The zero-order valence-electron chi connectivity index (χ0n) is 8.86. The van der Waals surface area contributed by atoms with Gasteiger partial charge in [-0.25, -0.2) is 0 Å². The highest BCUT2D eigenvalue weighted by molar-refractivity contribution is 5.98. The van der Waals surface area contributed by atoms with Crippen LogP contribution in [0.3, 0.4) is 0 Å². The maximum absolute atomic E-state index is 11.7. The summed E-state index contributed by atoms with van der Waals surface area (Å²) in [6.07, 6.45) is 0. The number of carbonyl (C=O) groups excluding carboxylic acids is 1. The number of nitrogens with zero attached hydrogens (tertiary/aromatic N) is 1. The van der Waals surface area contributed by atoms with E-state index in [1.54, 1.807) is 11.9 Å². The van der Waals surface area contributed by atoms with Gasteiger partial charge in [0.1, 0.15) is 18.4 Å².